The predicted molar refractivity (Wildman–Crippen MR) is 112 cm³/mol. The van der Waals surface area contributed by atoms with Crippen LogP contribution in [-0.2, 0) is 14.8 Å². The van der Waals surface area contributed by atoms with Gasteiger partial charge in [0.1, 0.15) is 0 Å². The quantitative estimate of drug-likeness (QED) is 0.664. The number of likely N-dealkylation sites (tertiary alicyclic amines) is 1. The zero-order chi connectivity index (χ0) is 21.8. The molecule has 1 unspecified atom stereocenters. The van der Waals surface area contributed by atoms with Gasteiger partial charge in [-0.05, 0) is 50.2 Å². The Balaban J connectivity index is 1.40. The number of rotatable bonds is 7. The van der Waals surface area contributed by atoms with Crippen LogP contribution in [0.4, 0.5) is 0 Å². The van der Waals surface area contributed by atoms with Crippen LogP contribution >= 0.6 is 0 Å². The Morgan fingerprint density at radius 3 is 2.61 bits per heavy atom. The first kappa shape index (κ1) is 21.9. The fourth-order valence-electron chi connectivity index (χ4n) is 3.97. The normalized spacial score (nSPS) is 20.7. The van der Waals surface area contributed by atoms with E-state index < -0.39 is 15.9 Å². The van der Waals surface area contributed by atoms with Crippen molar-refractivity contribution in [2.24, 2.45) is 0 Å². The molecule has 2 aromatic rings. The predicted octanol–water partition coefficient (Wildman–Crippen LogP) is 0.972. The number of amides is 1. The fourth-order valence-corrected chi connectivity index (χ4v) is 5.37. The van der Waals surface area contributed by atoms with E-state index in [9.17, 15) is 13.2 Å². The maximum Gasteiger partial charge on any atom is 0.308 e. The summed E-state index contributed by atoms with van der Waals surface area (Å²) in [5.74, 6) is -0.356. The summed E-state index contributed by atoms with van der Waals surface area (Å²) in [5.41, 5.74) is 0.542. The number of nitrogens with one attached hydrogen (secondary N) is 1. The molecule has 2 aliphatic rings. The number of hydrogen-bond acceptors (Lipinski definition) is 8. The molecule has 3 heterocycles. The minimum Gasteiger partial charge on any atom is -0.412 e. The molecule has 11 heteroatoms. The standard InChI is InChI=1S/C20H27N5O5S/c1-2-24-9-3-4-16(24)14-21-18(26)20-23-22-19(30-20)15-5-7-17(8-6-15)31(27,28)25-10-12-29-13-11-25/h5-8,16H,2-4,9-14H2,1H3,(H,21,26). The van der Waals surface area contributed by atoms with E-state index in [1.54, 1.807) is 12.1 Å². The molecule has 1 aromatic carbocycles. The van der Waals surface area contributed by atoms with Crippen LogP contribution in [0.25, 0.3) is 11.5 Å². The first-order valence-corrected chi connectivity index (χ1v) is 12.0. The second kappa shape index (κ2) is 9.43. The number of aromatic nitrogens is 2. The van der Waals surface area contributed by atoms with Crippen molar-refractivity contribution in [1.82, 2.24) is 24.7 Å². The van der Waals surface area contributed by atoms with Gasteiger partial charge in [0.2, 0.25) is 15.9 Å². The molecule has 2 saturated heterocycles. The number of hydrogen-bond donors (Lipinski definition) is 1. The molecule has 0 spiro atoms. The Hall–Kier alpha value is -2.34. The highest BCUT2D eigenvalue weighted by atomic mass is 32.2. The number of carbonyl (C=O) groups excluding carboxylic acids is 1. The Bertz CT molecular complexity index is 1000. The van der Waals surface area contributed by atoms with Gasteiger partial charge in [0, 0.05) is 31.2 Å². The third-order valence-corrected chi connectivity index (χ3v) is 7.64. The van der Waals surface area contributed by atoms with E-state index in [0.29, 0.717) is 44.5 Å². The Labute approximate surface area is 181 Å². The summed E-state index contributed by atoms with van der Waals surface area (Å²) in [6.45, 7) is 6.12. The van der Waals surface area contributed by atoms with Crippen LogP contribution in [0.3, 0.4) is 0 Å². The van der Waals surface area contributed by atoms with Gasteiger partial charge in [-0.2, -0.15) is 4.31 Å². The summed E-state index contributed by atoms with van der Waals surface area (Å²) in [5, 5.41) is 10.6. The molecule has 0 saturated carbocycles. The summed E-state index contributed by atoms with van der Waals surface area (Å²) < 4.78 is 37.6. The van der Waals surface area contributed by atoms with E-state index in [-0.39, 0.29) is 16.7 Å². The van der Waals surface area contributed by atoms with Gasteiger partial charge < -0.3 is 14.5 Å². The van der Waals surface area contributed by atoms with Crippen LogP contribution in [-0.4, -0.2) is 85.7 Å². The third-order valence-electron chi connectivity index (χ3n) is 5.73. The summed E-state index contributed by atoms with van der Waals surface area (Å²) in [7, 11) is -3.57. The average Bonchev–Trinajstić information content (AvgIpc) is 3.48. The SMILES string of the molecule is CCN1CCCC1CNC(=O)c1nnc(-c2ccc(S(=O)(=O)N3CCOCC3)cc2)o1. The van der Waals surface area contributed by atoms with Gasteiger partial charge in [-0.3, -0.25) is 9.69 Å². The topological polar surface area (TPSA) is 118 Å². The van der Waals surface area contributed by atoms with E-state index in [1.807, 2.05) is 0 Å². The molecule has 2 fully saturated rings. The van der Waals surface area contributed by atoms with Crippen LogP contribution in [0.2, 0.25) is 0 Å². The second-order valence-corrected chi connectivity index (χ2v) is 9.53. The molecule has 1 amide bonds. The van der Waals surface area contributed by atoms with E-state index in [4.69, 9.17) is 9.15 Å². The average molecular weight is 450 g/mol. The minimum atomic E-state index is -3.57. The van der Waals surface area contributed by atoms with Crippen molar-refractivity contribution < 1.29 is 22.4 Å². The van der Waals surface area contributed by atoms with Crippen molar-refractivity contribution >= 4 is 15.9 Å². The summed E-state index contributed by atoms with van der Waals surface area (Å²) in [6, 6.07) is 6.53. The number of carbonyl (C=O) groups is 1. The van der Waals surface area contributed by atoms with Crippen molar-refractivity contribution in [3.05, 3.63) is 30.2 Å². The Kier molecular flexibility index (Phi) is 6.65. The van der Waals surface area contributed by atoms with Gasteiger partial charge in [-0.1, -0.05) is 6.92 Å². The number of benzene rings is 1. The van der Waals surface area contributed by atoms with Gasteiger partial charge in [0.05, 0.1) is 18.1 Å². The third kappa shape index (κ3) is 4.79. The van der Waals surface area contributed by atoms with Gasteiger partial charge in [-0.15, -0.1) is 10.2 Å². The lowest BCUT2D eigenvalue weighted by Gasteiger charge is -2.26. The number of sulfonamides is 1. The smallest absolute Gasteiger partial charge is 0.308 e. The van der Waals surface area contributed by atoms with Gasteiger partial charge in [0.15, 0.2) is 0 Å². The molecule has 168 valence electrons. The fraction of sp³-hybridized carbons (Fsp3) is 0.550. The molecule has 4 rings (SSSR count). The lowest BCUT2D eigenvalue weighted by molar-refractivity contribution is 0.0730. The first-order valence-electron chi connectivity index (χ1n) is 10.5. The van der Waals surface area contributed by atoms with Gasteiger partial charge in [0.25, 0.3) is 0 Å². The zero-order valence-corrected chi connectivity index (χ0v) is 18.3. The number of nitrogens with zero attached hydrogens (tertiary/aromatic N) is 4. The molecular weight excluding hydrogens is 422 g/mol. The highest BCUT2D eigenvalue weighted by Gasteiger charge is 2.27. The minimum absolute atomic E-state index is 0.110. The molecule has 0 bridgehead atoms. The summed E-state index contributed by atoms with van der Waals surface area (Å²) >= 11 is 0. The number of likely N-dealkylation sites (N-methyl/N-ethyl adjacent to an activating group) is 1. The maximum atomic E-state index is 12.7. The van der Waals surface area contributed by atoms with E-state index >= 15 is 0 Å². The number of morpholine rings is 1. The molecule has 0 aliphatic carbocycles. The molecule has 1 aromatic heterocycles. The molecular formula is C20H27N5O5S. The summed E-state index contributed by atoms with van der Waals surface area (Å²) in [4.78, 5) is 14.9. The Morgan fingerprint density at radius 1 is 1.16 bits per heavy atom. The van der Waals surface area contributed by atoms with Crippen LogP contribution in [0.1, 0.15) is 30.5 Å². The van der Waals surface area contributed by atoms with Crippen LogP contribution in [0.15, 0.2) is 33.6 Å². The molecule has 1 N–H and O–H groups in total. The molecule has 31 heavy (non-hydrogen) atoms. The van der Waals surface area contributed by atoms with E-state index in [2.05, 4.69) is 27.3 Å². The first-order chi connectivity index (χ1) is 15.0. The monoisotopic (exact) mass is 449 g/mol. The highest BCUT2D eigenvalue weighted by Crippen LogP contribution is 2.23. The number of ether oxygens (including phenoxy) is 1. The summed E-state index contributed by atoms with van der Waals surface area (Å²) in [6.07, 6.45) is 2.19. The van der Waals surface area contributed by atoms with Crippen LogP contribution < -0.4 is 5.32 Å². The maximum absolute atomic E-state index is 12.7. The van der Waals surface area contributed by atoms with Crippen molar-refractivity contribution in [3.8, 4) is 11.5 Å². The van der Waals surface area contributed by atoms with Gasteiger partial charge in [-0.25, -0.2) is 8.42 Å². The largest absolute Gasteiger partial charge is 0.412 e. The van der Waals surface area contributed by atoms with Crippen LogP contribution in [0, 0.1) is 0 Å². The molecule has 2 aliphatic heterocycles. The van der Waals surface area contributed by atoms with E-state index in [1.165, 1.54) is 16.4 Å². The molecule has 1 atom stereocenters. The Morgan fingerprint density at radius 2 is 1.90 bits per heavy atom. The highest BCUT2D eigenvalue weighted by molar-refractivity contribution is 7.89. The van der Waals surface area contributed by atoms with Crippen molar-refractivity contribution in [2.75, 3.05) is 45.9 Å². The van der Waals surface area contributed by atoms with Crippen molar-refractivity contribution in [2.45, 2.75) is 30.7 Å². The second-order valence-electron chi connectivity index (χ2n) is 7.59. The lowest BCUT2D eigenvalue weighted by Crippen LogP contribution is -2.40. The van der Waals surface area contributed by atoms with Crippen molar-refractivity contribution in [3.63, 3.8) is 0 Å². The van der Waals surface area contributed by atoms with Crippen molar-refractivity contribution in [1.29, 1.82) is 0 Å². The lowest BCUT2D eigenvalue weighted by atomic mass is 10.2. The van der Waals surface area contributed by atoms with Gasteiger partial charge >= 0.3 is 11.8 Å². The molecule has 10 nitrogen and oxygen atoms in total. The van der Waals surface area contributed by atoms with E-state index in [0.717, 1.165) is 25.9 Å². The molecule has 0 radical (unpaired) electrons. The van der Waals surface area contributed by atoms with Crippen LogP contribution in [0.5, 0.6) is 0 Å². The zero-order valence-electron chi connectivity index (χ0n) is 17.5.